The highest BCUT2D eigenvalue weighted by atomic mass is 19.1. The number of methoxy groups -OCH3 is 1. The van der Waals surface area contributed by atoms with Crippen LogP contribution in [0, 0.1) is 5.82 Å². The number of nitrogens with zero attached hydrogens (tertiary/aromatic N) is 1. The lowest BCUT2D eigenvalue weighted by Crippen LogP contribution is -2.48. The summed E-state index contributed by atoms with van der Waals surface area (Å²) >= 11 is 0. The van der Waals surface area contributed by atoms with Gasteiger partial charge in [-0.15, -0.1) is 0 Å². The van der Waals surface area contributed by atoms with Crippen LogP contribution in [0.15, 0.2) is 24.3 Å². The Kier molecular flexibility index (Phi) is 6.99. The van der Waals surface area contributed by atoms with Crippen LogP contribution in [0.2, 0.25) is 0 Å². The largest absolute Gasteiger partial charge is 0.383 e. The first-order valence-electron chi connectivity index (χ1n) is 8.38. The molecule has 1 amide bonds. The summed E-state index contributed by atoms with van der Waals surface area (Å²) in [6.07, 6.45) is 4.48. The SMILES string of the molecule is COCCN(Cc1ccccc1F)C(C)C(=O)NC1CCCC1. The van der Waals surface area contributed by atoms with Gasteiger partial charge in [0, 0.05) is 31.8 Å². The molecule has 128 valence electrons. The highest BCUT2D eigenvalue weighted by Gasteiger charge is 2.25. The predicted octanol–water partition coefficient (Wildman–Crippen LogP) is 2.72. The molecule has 1 aliphatic carbocycles. The molecular weight excluding hydrogens is 295 g/mol. The van der Waals surface area contributed by atoms with E-state index in [9.17, 15) is 9.18 Å². The predicted molar refractivity (Wildman–Crippen MR) is 88.5 cm³/mol. The Bertz CT molecular complexity index is 504. The Morgan fingerprint density at radius 1 is 1.39 bits per heavy atom. The van der Waals surface area contributed by atoms with Crippen LogP contribution in [-0.4, -0.2) is 43.2 Å². The highest BCUT2D eigenvalue weighted by Crippen LogP contribution is 2.18. The van der Waals surface area contributed by atoms with E-state index in [1.165, 1.54) is 18.9 Å². The van der Waals surface area contributed by atoms with Crippen molar-refractivity contribution in [2.24, 2.45) is 0 Å². The van der Waals surface area contributed by atoms with E-state index in [0.29, 0.717) is 31.3 Å². The minimum absolute atomic E-state index is 0.0179. The number of hydrogen-bond donors (Lipinski definition) is 1. The van der Waals surface area contributed by atoms with Gasteiger partial charge in [-0.3, -0.25) is 9.69 Å². The maximum atomic E-state index is 13.9. The number of nitrogens with one attached hydrogen (secondary N) is 1. The first-order valence-corrected chi connectivity index (χ1v) is 8.38. The van der Waals surface area contributed by atoms with Crippen molar-refractivity contribution in [3.05, 3.63) is 35.6 Å². The smallest absolute Gasteiger partial charge is 0.237 e. The molecule has 5 heteroatoms. The third-order valence-electron chi connectivity index (χ3n) is 4.54. The molecule has 1 fully saturated rings. The summed E-state index contributed by atoms with van der Waals surface area (Å²) in [4.78, 5) is 14.5. The summed E-state index contributed by atoms with van der Waals surface area (Å²) in [5.41, 5.74) is 0.601. The molecule has 1 aromatic carbocycles. The van der Waals surface area contributed by atoms with E-state index in [4.69, 9.17) is 4.74 Å². The molecule has 2 rings (SSSR count). The van der Waals surface area contributed by atoms with Crippen LogP contribution in [0.4, 0.5) is 4.39 Å². The van der Waals surface area contributed by atoms with Gasteiger partial charge in [0.1, 0.15) is 5.82 Å². The second-order valence-electron chi connectivity index (χ2n) is 6.22. The van der Waals surface area contributed by atoms with E-state index >= 15 is 0 Å². The maximum Gasteiger partial charge on any atom is 0.237 e. The fraction of sp³-hybridized carbons (Fsp3) is 0.611. The number of benzene rings is 1. The van der Waals surface area contributed by atoms with E-state index in [-0.39, 0.29) is 17.8 Å². The summed E-state index contributed by atoms with van der Waals surface area (Å²) in [5.74, 6) is -0.220. The molecular formula is C18H27FN2O2. The summed E-state index contributed by atoms with van der Waals surface area (Å²) in [7, 11) is 1.63. The molecule has 1 aliphatic rings. The van der Waals surface area contributed by atoms with Crippen molar-refractivity contribution in [3.8, 4) is 0 Å². The topological polar surface area (TPSA) is 41.6 Å². The molecule has 0 aliphatic heterocycles. The standard InChI is InChI=1S/C18H27FN2O2/c1-14(18(22)20-16-8-4-5-9-16)21(11-12-23-2)13-15-7-3-6-10-17(15)19/h3,6-7,10,14,16H,4-5,8-9,11-13H2,1-2H3,(H,20,22). The zero-order valence-corrected chi connectivity index (χ0v) is 14.1. The average molecular weight is 322 g/mol. The van der Waals surface area contributed by atoms with Crippen molar-refractivity contribution in [2.45, 2.75) is 51.2 Å². The molecule has 0 saturated heterocycles. The Labute approximate surface area is 138 Å². The fourth-order valence-electron chi connectivity index (χ4n) is 3.02. The summed E-state index contributed by atoms with van der Waals surface area (Å²) in [6.45, 7) is 3.37. The second-order valence-corrected chi connectivity index (χ2v) is 6.22. The van der Waals surface area contributed by atoms with Crippen molar-refractivity contribution in [1.29, 1.82) is 0 Å². The van der Waals surface area contributed by atoms with E-state index in [2.05, 4.69) is 5.32 Å². The minimum Gasteiger partial charge on any atom is -0.383 e. The van der Waals surface area contributed by atoms with Crippen LogP contribution in [-0.2, 0) is 16.1 Å². The Hall–Kier alpha value is -1.46. The minimum atomic E-state index is -0.314. The lowest BCUT2D eigenvalue weighted by Gasteiger charge is -2.29. The van der Waals surface area contributed by atoms with Crippen molar-refractivity contribution in [3.63, 3.8) is 0 Å². The normalized spacial score (nSPS) is 16.7. The summed E-state index contributed by atoms with van der Waals surface area (Å²) in [5, 5.41) is 3.12. The van der Waals surface area contributed by atoms with Crippen LogP contribution in [0.5, 0.6) is 0 Å². The summed E-state index contributed by atoms with van der Waals surface area (Å²) in [6, 6.07) is 6.68. The molecule has 0 spiro atoms. The molecule has 1 aromatic rings. The van der Waals surface area contributed by atoms with Crippen LogP contribution in [0.3, 0.4) is 0 Å². The monoisotopic (exact) mass is 322 g/mol. The van der Waals surface area contributed by atoms with Crippen LogP contribution < -0.4 is 5.32 Å². The third kappa shape index (κ3) is 5.29. The quantitative estimate of drug-likeness (QED) is 0.800. The highest BCUT2D eigenvalue weighted by molar-refractivity contribution is 5.81. The van der Waals surface area contributed by atoms with Gasteiger partial charge in [0.15, 0.2) is 0 Å². The lowest BCUT2D eigenvalue weighted by molar-refractivity contribution is -0.127. The van der Waals surface area contributed by atoms with Crippen molar-refractivity contribution in [2.75, 3.05) is 20.3 Å². The third-order valence-corrected chi connectivity index (χ3v) is 4.54. The molecule has 0 heterocycles. The molecule has 0 radical (unpaired) electrons. The van der Waals surface area contributed by atoms with Gasteiger partial charge in [0.05, 0.1) is 12.6 Å². The van der Waals surface area contributed by atoms with Gasteiger partial charge in [-0.25, -0.2) is 4.39 Å². The van der Waals surface area contributed by atoms with Gasteiger partial charge >= 0.3 is 0 Å². The Balaban J connectivity index is 2.00. The van der Waals surface area contributed by atoms with E-state index in [1.807, 2.05) is 17.9 Å². The number of rotatable bonds is 8. The molecule has 0 bridgehead atoms. The first kappa shape index (κ1) is 17.9. The van der Waals surface area contributed by atoms with Gasteiger partial charge in [0.2, 0.25) is 5.91 Å². The number of ether oxygens (including phenoxy) is 1. The second kappa shape index (κ2) is 8.99. The molecule has 0 aromatic heterocycles. The lowest BCUT2D eigenvalue weighted by atomic mass is 10.1. The first-order chi connectivity index (χ1) is 11.1. The van der Waals surface area contributed by atoms with Gasteiger partial charge in [-0.2, -0.15) is 0 Å². The number of halogens is 1. The van der Waals surface area contributed by atoms with Crippen LogP contribution in [0.1, 0.15) is 38.2 Å². The van der Waals surface area contributed by atoms with Gasteiger partial charge in [0.25, 0.3) is 0 Å². The molecule has 1 atom stereocenters. The molecule has 1 saturated carbocycles. The van der Waals surface area contributed by atoms with E-state index in [1.54, 1.807) is 19.2 Å². The number of hydrogen-bond acceptors (Lipinski definition) is 3. The summed E-state index contributed by atoms with van der Waals surface area (Å²) < 4.78 is 19.0. The molecule has 1 N–H and O–H groups in total. The van der Waals surface area contributed by atoms with E-state index < -0.39 is 0 Å². The number of carbonyl (C=O) groups excluding carboxylic acids is 1. The average Bonchev–Trinajstić information content (AvgIpc) is 3.05. The zero-order chi connectivity index (χ0) is 16.7. The maximum absolute atomic E-state index is 13.9. The number of amides is 1. The zero-order valence-electron chi connectivity index (χ0n) is 14.1. The van der Waals surface area contributed by atoms with Crippen LogP contribution in [0.25, 0.3) is 0 Å². The van der Waals surface area contributed by atoms with Gasteiger partial charge in [-0.1, -0.05) is 31.0 Å². The fourth-order valence-corrected chi connectivity index (χ4v) is 3.02. The van der Waals surface area contributed by atoms with Gasteiger partial charge < -0.3 is 10.1 Å². The molecule has 23 heavy (non-hydrogen) atoms. The van der Waals surface area contributed by atoms with Crippen molar-refractivity contribution in [1.82, 2.24) is 10.2 Å². The van der Waals surface area contributed by atoms with Crippen molar-refractivity contribution < 1.29 is 13.9 Å². The molecule has 4 nitrogen and oxygen atoms in total. The number of carbonyl (C=O) groups is 1. The van der Waals surface area contributed by atoms with Gasteiger partial charge in [-0.05, 0) is 25.8 Å². The molecule has 1 unspecified atom stereocenters. The Morgan fingerprint density at radius 3 is 2.74 bits per heavy atom. The van der Waals surface area contributed by atoms with Crippen molar-refractivity contribution >= 4 is 5.91 Å². The Morgan fingerprint density at radius 2 is 2.09 bits per heavy atom. The van der Waals surface area contributed by atoms with E-state index in [0.717, 1.165) is 12.8 Å². The van der Waals surface area contributed by atoms with Crippen LogP contribution >= 0.6 is 0 Å².